The Kier molecular flexibility index (Phi) is 3.02. The lowest BCUT2D eigenvalue weighted by atomic mass is 10.3. The summed E-state index contributed by atoms with van der Waals surface area (Å²) in [5.74, 6) is -1.65. The van der Waals surface area contributed by atoms with Crippen LogP contribution in [0.5, 0.6) is 0 Å². The molecule has 1 heterocycles. The van der Waals surface area contributed by atoms with Crippen molar-refractivity contribution in [2.45, 2.75) is 6.92 Å². The number of carbonyl (C=O) groups is 2. The van der Waals surface area contributed by atoms with E-state index in [1.54, 1.807) is 18.4 Å². The smallest absolute Gasteiger partial charge is 0.261 e. The lowest BCUT2D eigenvalue weighted by Gasteiger charge is -2.04. The maximum absolute atomic E-state index is 11.2. The van der Waals surface area contributed by atoms with Gasteiger partial charge in [0.05, 0.1) is 17.4 Å². The summed E-state index contributed by atoms with van der Waals surface area (Å²) >= 11 is 1.28. The number of hydrogen-bond donors (Lipinski definition) is 1. The Morgan fingerprint density at radius 3 is 2.77 bits per heavy atom. The van der Waals surface area contributed by atoms with Crippen LogP contribution in [0.1, 0.15) is 15.2 Å². The SMILES string of the molecule is Cc1ccsc1C(=O)NCC(=O)[O-]. The van der Waals surface area contributed by atoms with Crippen LogP contribution in [0.3, 0.4) is 0 Å². The normalized spacial score (nSPS) is 9.62. The molecule has 0 spiro atoms. The zero-order valence-electron chi connectivity index (χ0n) is 6.99. The third-order valence-electron chi connectivity index (χ3n) is 1.46. The monoisotopic (exact) mass is 198 g/mol. The number of carboxylic acid groups (broad SMARTS) is 1. The van der Waals surface area contributed by atoms with Gasteiger partial charge in [-0.15, -0.1) is 11.3 Å². The molecule has 0 atom stereocenters. The first-order valence-corrected chi connectivity index (χ1v) is 4.51. The largest absolute Gasteiger partial charge is 0.548 e. The Bertz CT molecular complexity index is 332. The highest BCUT2D eigenvalue weighted by Crippen LogP contribution is 2.14. The van der Waals surface area contributed by atoms with Gasteiger partial charge in [-0.2, -0.15) is 0 Å². The number of nitrogens with one attached hydrogen (secondary N) is 1. The van der Waals surface area contributed by atoms with Crippen molar-refractivity contribution < 1.29 is 14.7 Å². The standard InChI is InChI=1S/C8H9NO3S/c1-5-2-3-13-7(5)8(12)9-4-6(10)11/h2-3H,4H2,1H3,(H,9,12)(H,10,11)/p-1. The van der Waals surface area contributed by atoms with Crippen molar-refractivity contribution in [3.05, 3.63) is 21.9 Å². The van der Waals surface area contributed by atoms with Crippen LogP contribution in [-0.2, 0) is 4.79 Å². The van der Waals surface area contributed by atoms with E-state index >= 15 is 0 Å². The summed E-state index contributed by atoms with van der Waals surface area (Å²) in [6.45, 7) is 1.35. The topological polar surface area (TPSA) is 69.2 Å². The second-order valence-corrected chi connectivity index (χ2v) is 3.40. The third kappa shape index (κ3) is 2.55. The van der Waals surface area contributed by atoms with Gasteiger partial charge in [0.15, 0.2) is 0 Å². The molecule has 0 aliphatic carbocycles. The summed E-state index contributed by atoms with van der Waals surface area (Å²) in [7, 11) is 0. The van der Waals surface area contributed by atoms with Gasteiger partial charge in [-0.05, 0) is 23.9 Å². The second-order valence-electron chi connectivity index (χ2n) is 2.49. The van der Waals surface area contributed by atoms with Gasteiger partial charge in [-0.3, -0.25) is 4.79 Å². The van der Waals surface area contributed by atoms with Gasteiger partial charge in [0.25, 0.3) is 5.91 Å². The number of carboxylic acids is 1. The lowest BCUT2D eigenvalue weighted by Crippen LogP contribution is -2.37. The van der Waals surface area contributed by atoms with Gasteiger partial charge >= 0.3 is 0 Å². The maximum atomic E-state index is 11.2. The Morgan fingerprint density at radius 2 is 2.31 bits per heavy atom. The highest BCUT2D eigenvalue weighted by Gasteiger charge is 2.08. The number of aliphatic carboxylic acids is 1. The molecule has 0 aliphatic heterocycles. The predicted molar refractivity (Wildman–Crippen MR) is 46.4 cm³/mol. The minimum absolute atomic E-state index is 0.364. The number of aryl methyl sites for hydroxylation is 1. The molecule has 0 saturated heterocycles. The Labute approximate surface area is 79.2 Å². The fraction of sp³-hybridized carbons (Fsp3) is 0.250. The number of amides is 1. The minimum Gasteiger partial charge on any atom is -0.548 e. The van der Waals surface area contributed by atoms with Crippen LogP contribution in [0.25, 0.3) is 0 Å². The first-order valence-electron chi connectivity index (χ1n) is 3.63. The molecule has 5 heteroatoms. The average Bonchev–Trinajstić information content (AvgIpc) is 2.47. The predicted octanol–water partition coefficient (Wildman–Crippen LogP) is -0.464. The van der Waals surface area contributed by atoms with Gasteiger partial charge in [0.1, 0.15) is 0 Å². The third-order valence-corrected chi connectivity index (χ3v) is 2.48. The number of rotatable bonds is 3. The minimum atomic E-state index is -1.29. The van der Waals surface area contributed by atoms with E-state index < -0.39 is 12.5 Å². The molecule has 0 fully saturated rings. The molecule has 0 aliphatic rings. The van der Waals surface area contributed by atoms with Gasteiger partial charge in [-0.1, -0.05) is 0 Å². The van der Waals surface area contributed by atoms with Crippen molar-refractivity contribution in [2.24, 2.45) is 0 Å². The fourth-order valence-electron chi connectivity index (χ4n) is 0.838. The first kappa shape index (κ1) is 9.73. The van der Waals surface area contributed by atoms with E-state index in [0.717, 1.165) is 5.56 Å². The highest BCUT2D eigenvalue weighted by molar-refractivity contribution is 7.12. The molecule has 13 heavy (non-hydrogen) atoms. The molecule has 0 bridgehead atoms. The molecule has 1 aromatic rings. The van der Waals surface area contributed by atoms with Crippen LogP contribution in [0.2, 0.25) is 0 Å². The van der Waals surface area contributed by atoms with Crippen molar-refractivity contribution in [3.63, 3.8) is 0 Å². The molecule has 1 N–H and O–H groups in total. The first-order chi connectivity index (χ1) is 6.11. The number of hydrogen-bond acceptors (Lipinski definition) is 4. The van der Waals surface area contributed by atoms with Crippen molar-refractivity contribution in [2.75, 3.05) is 6.54 Å². The van der Waals surface area contributed by atoms with E-state index in [9.17, 15) is 14.7 Å². The molecule has 4 nitrogen and oxygen atoms in total. The second kappa shape index (κ2) is 4.04. The van der Waals surface area contributed by atoms with Crippen molar-refractivity contribution in [1.82, 2.24) is 5.32 Å². The van der Waals surface area contributed by atoms with E-state index in [4.69, 9.17) is 0 Å². The van der Waals surface area contributed by atoms with Crippen LogP contribution in [0, 0.1) is 6.92 Å². The average molecular weight is 198 g/mol. The molecule has 0 aromatic carbocycles. The summed E-state index contributed by atoms with van der Waals surface area (Å²) < 4.78 is 0. The van der Waals surface area contributed by atoms with E-state index in [0.29, 0.717) is 4.88 Å². The van der Waals surface area contributed by atoms with Crippen LogP contribution in [0.4, 0.5) is 0 Å². The summed E-state index contributed by atoms with van der Waals surface area (Å²) in [4.78, 5) is 21.8. The van der Waals surface area contributed by atoms with Gasteiger partial charge in [0, 0.05) is 0 Å². The van der Waals surface area contributed by atoms with Crippen LogP contribution >= 0.6 is 11.3 Å². The molecular weight excluding hydrogens is 190 g/mol. The molecule has 0 radical (unpaired) electrons. The van der Waals surface area contributed by atoms with Crippen LogP contribution < -0.4 is 10.4 Å². The molecule has 1 amide bonds. The zero-order chi connectivity index (χ0) is 9.84. The summed E-state index contributed by atoms with van der Waals surface area (Å²) in [6.07, 6.45) is 0. The summed E-state index contributed by atoms with van der Waals surface area (Å²) in [5, 5.41) is 14.1. The van der Waals surface area contributed by atoms with Crippen molar-refractivity contribution >= 4 is 23.2 Å². The number of carbonyl (C=O) groups excluding carboxylic acids is 2. The molecule has 0 unspecified atom stereocenters. The summed E-state index contributed by atoms with van der Waals surface area (Å²) in [5.41, 5.74) is 0.848. The Balaban J connectivity index is 2.59. The number of thiophene rings is 1. The van der Waals surface area contributed by atoms with Gasteiger partial charge < -0.3 is 15.2 Å². The lowest BCUT2D eigenvalue weighted by molar-refractivity contribution is -0.303. The summed E-state index contributed by atoms with van der Waals surface area (Å²) in [6, 6.07) is 1.80. The molecule has 1 rings (SSSR count). The zero-order valence-corrected chi connectivity index (χ0v) is 7.81. The molecule has 1 aromatic heterocycles. The van der Waals surface area contributed by atoms with Crippen molar-refractivity contribution in [3.8, 4) is 0 Å². The van der Waals surface area contributed by atoms with E-state index in [1.165, 1.54) is 11.3 Å². The molecular formula is C8H8NO3S-. The van der Waals surface area contributed by atoms with Crippen LogP contribution in [-0.4, -0.2) is 18.4 Å². The van der Waals surface area contributed by atoms with E-state index in [1.807, 2.05) is 0 Å². The highest BCUT2D eigenvalue weighted by atomic mass is 32.1. The van der Waals surface area contributed by atoms with E-state index in [-0.39, 0.29) is 5.91 Å². The van der Waals surface area contributed by atoms with E-state index in [2.05, 4.69) is 5.32 Å². The van der Waals surface area contributed by atoms with Gasteiger partial charge in [0.2, 0.25) is 0 Å². The van der Waals surface area contributed by atoms with Gasteiger partial charge in [-0.25, -0.2) is 0 Å². The Hall–Kier alpha value is -1.36. The maximum Gasteiger partial charge on any atom is 0.261 e. The quantitative estimate of drug-likeness (QED) is 0.714. The Morgan fingerprint density at radius 1 is 1.62 bits per heavy atom. The van der Waals surface area contributed by atoms with Crippen molar-refractivity contribution in [1.29, 1.82) is 0 Å². The molecule has 0 saturated carbocycles. The van der Waals surface area contributed by atoms with Crippen LogP contribution in [0.15, 0.2) is 11.4 Å². The fourth-order valence-corrected chi connectivity index (χ4v) is 1.68. The molecule has 70 valence electrons.